The van der Waals surface area contributed by atoms with Crippen LogP contribution in [0.2, 0.25) is 0 Å². The molecule has 5 heteroatoms. The van der Waals surface area contributed by atoms with Gasteiger partial charge in [-0.1, -0.05) is 29.8 Å². The van der Waals surface area contributed by atoms with Gasteiger partial charge in [-0.2, -0.15) is 0 Å². The first-order chi connectivity index (χ1) is 10.0. The van der Waals surface area contributed by atoms with Crippen LogP contribution in [0.25, 0.3) is 0 Å². The van der Waals surface area contributed by atoms with Crippen LogP contribution in [0.1, 0.15) is 26.7 Å². The lowest BCUT2D eigenvalue weighted by Crippen LogP contribution is -2.30. The summed E-state index contributed by atoms with van der Waals surface area (Å²) in [5, 5.41) is 3.46. The summed E-state index contributed by atoms with van der Waals surface area (Å²) in [7, 11) is 0. The van der Waals surface area contributed by atoms with Crippen LogP contribution in [0.3, 0.4) is 0 Å². The van der Waals surface area contributed by atoms with E-state index in [0.29, 0.717) is 18.6 Å². The topological polar surface area (TPSA) is 30.5 Å². The lowest BCUT2D eigenvalue weighted by atomic mass is 10.2. The van der Waals surface area contributed by atoms with E-state index in [1.807, 2.05) is 18.2 Å². The van der Waals surface area contributed by atoms with Gasteiger partial charge in [0, 0.05) is 11.0 Å². The molecule has 1 heterocycles. The largest absolute Gasteiger partial charge is 0.490 e. The molecule has 1 aliphatic rings. The van der Waals surface area contributed by atoms with Crippen LogP contribution in [-0.2, 0) is 4.74 Å². The Kier molecular flexibility index (Phi) is 6.99. The molecule has 0 aliphatic carbocycles. The second-order valence-corrected chi connectivity index (χ2v) is 7.67. The van der Waals surface area contributed by atoms with Crippen LogP contribution in [0.15, 0.2) is 27.1 Å². The lowest BCUT2D eigenvalue weighted by molar-refractivity contribution is 0.0182. The Morgan fingerprint density at radius 1 is 1.29 bits per heavy atom. The SMILES string of the molecule is CC(C)CNCC1CCC(COc2ccc(Br)cc2Br)O1. The third-order valence-corrected chi connectivity index (χ3v) is 4.55. The fourth-order valence-electron chi connectivity index (χ4n) is 2.36. The number of hydrogen-bond donors (Lipinski definition) is 1. The minimum atomic E-state index is 0.200. The molecule has 0 spiro atoms. The van der Waals surface area contributed by atoms with Crippen LogP contribution in [0.5, 0.6) is 5.75 Å². The molecule has 3 nitrogen and oxygen atoms in total. The monoisotopic (exact) mass is 419 g/mol. The third-order valence-electron chi connectivity index (χ3n) is 3.44. The van der Waals surface area contributed by atoms with E-state index in [1.165, 1.54) is 0 Å². The van der Waals surface area contributed by atoms with E-state index in [4.69, 9.17) is 9.47 Å². The Hall–Kier alpha value is -0.100. The van der Waals surface area contributed by atoms with Gasteiger partial charge in [0.1, 0.15) is 12.4 Å². The standard InChI is InChI=1S/C16H23Br2NO2/c1-11(2)8-19-9-13-4-5-14(21-13)10-20-16-6-3-12(17)7-15(16)18/h3,6-7,11,13-14,19H,4-5,8-10H2,1-2H3. The molecule has 118 valence electrons. The van der Waals surface area contributed by atoms with E-state index in [-0.39, 0.29) is 6.10 Å². The van der Waals surface area contributed by atoms with Gasteiger partial charge in [-0.3, -0.25) is 0 Å². The smallest absolute Gasteiger partial charge is 0.133 e. The Labute approximate surface area is 144 Å². The van der Waals surface area contributed by atoms with Gasteiger partial charge in [0.05, 0.1) is 16.7 Å². The van der Waals surface area contributed by atoms with Gasteiger partial charge in [0.15, 0.2) is 0 Å². The summed E-state index contributed by atoms with van der Waals surface area (Å²) >= 11 is 6.95. The van der Waals surface area contributed by atoms with Crippen molar-refractivity contribution >= 4 is 31.9 Å². The zero-order valence-corrected chi connectivity index (χ0v) is 15.7. The Morgan fingerprint density at radius 3 is 2.76 bits per heavy atom. The van der Waals surface area contributed by atoms with Crippen LogP contribution in [0, 0.1) is 5.92 Å². The zero-order chi connectivity index (χ0) is 15.2. The molecule has 1 fully saturated rings. The molecule has 21 heavy (non-hydrogen) atoms. The lowest BCUT2D eigenvalue weighted by Gasteiger charge is -2.16. The van der Waals surface area contributed by atoms with Gasteiger partial charge >= 0.3 is 0 Å². The molecular weight excluding hydrogens is 398 g/mol. The number of benzene rings is 1. The van der Waals surface area contributed by atoms with Crippen molar-refractivity contribution in [2.75, 3.05) is 19.7 Å². The molecule has 0 aromatic heterocycles. The Bertz CT molecular complexity index is 454. The fraction of sp³-hybridized carbons (Fsp3) is 0.625. The first-order valence-electron chi connectivity index (χ1n) is 7.48. The zero-order valence-electron chi connectivity index (χ0n) is 12.6. The van der Waals surface area contributed by atoms with Crippen molar-refractivity contribution in [1.29, 1.82) is 0 Å². The van der Waals surface area contributed by atoms with Gasteiger partial charge in [-0.05, 0) is 59.4 Å². The van der Waals surface area contributed by atoms with E-state index in [1.54, 1.807) is 0 Å². The van der Waals surface area contributed by atoms with Crippen LogP contribution >= 0.6 is 31.9 Å². The average Bonchev–Trinajstić information content (AvgIpc) is 2.85. The summed E-state index contributed by atoms with van der Waals surface area (Å²) < 4.78 is 13.9. The normalized spacial score (nSPS) is 22.0. The van der Waals surface area contributed by atoms with Gasteiger partial charge < -0.3 is 14.8 Å². The molecule has 2 atom stereocenters. The van der Waals surface area contributed by atoms with Gasteiger partial charge in [0.25, 0.3) is 0 Å². The van der Waals surface area contributed by atoms with Gasteiger partial charge in [0.2, 0.25) is 0 Å². The molecule has 1 aromatic rings. The van der Waals surface area contributed by atoms with E-state index in [9.17, 15) is 0 Å². The average molecular weight is 421 g/mol. The summed E-state index contributed by atoms with van der Waals surface area (Å²) in [5.74, 6) is 1.54. The van der Waals surface area contributed by atoms with Crippen molar-refractivity contribution in [3.63, 3.8) is 0 Å². The summed E-state index contributed by atoms with van der Waals surface area (Å²) in [6.07, 6.45) is 2.71. The molecule has 1 aromatic carbocycles. The van der Waals surface area contributed by atoms with Crippen molar-refractivity contribution in [2.45, 2.75) is 38.9 Å². The Balaban J connectivity index is 1.70. The number of rotatable bonds is 7. The predicted molar refractivity (Wildman–Crippen MR) is 92.9 cm³/mol. The number of nitrogens with one attached hydrogen (secondary N) is 1. The highest BCUT2D eigenvalue weighted by molar-refractivity contribution is 9.11. The molecule has 1 N–H and O–H groups in total. The second kappa shape index (κ2) is 8.51. The van der Waals surface area contributed by atoms with Crippen molar-refractivity contribution in [3.05, 3.63) is 27.1 Å². The van der Waals surface area contributed by atoms with Crippen molar-refractivity contribution in [2.24, 2.45) is 5.92 Å². The molecule has 0 bridgehead atoms. The van der Waals surface area contributed by atoms with E-state index >= 15 is 0 Å². The highest BCUT2D eigenvalue weighted by atomic mass is 79.9. The Morgan fingerprint density at radius 2 is 2.05 bits per heavy atom. The summed E-state index contributed by atoms with van der Waals surface area (Å²) in [5.41, 5.74) is 0. The summed E-state index contributed by atoms with van der Waals surface area (Å²) in [6, 6.07) is 5.93. The molecule has 2 rings (SSSR count). The minimum absolute atomic E-state index is 0.200. The summed E-state index contributed by atoms with van der Waals surface area (Å²) in [6.45, 7) is 7.04. The molecular formula is C16H23Br2NO2. The third kappa shape index (κ3) is 5.89. The number of ether oxygens (including phenoxy) is 2. The summed E-state index contributed by atoms with van der Waals surface area (Å²) in [4.78, 5) is 0. The predicted octanol–water partition coefficient (Wildman–Crippen LogP) is 4.38. The fourth-order valence-corrected chi connectivity index (χ4v) is 3.52. The van der Waals surface area contributed by atoms with E-state index in [2.05, 4.69) is 51.0 Å². The first kappa shape index (κ1) is 17.3. The number of halogens is 2. The molecule has 0 saturated carbocycles. The van der Waals surface area contributed by atoms with Gasteiger partial charge in [-0.25, -0.2) is 0 Å². The highest BCUT2D eigenvalue weighted by Crippen LogP contribution is 2.29. The maximum absolute atomic E-state index is 6.02. The van der Waals surface area contributed by atoms with E-state index in [0.717, 1.165) is 40.6 Å². The first-order valence-corrected chi connectivity index (χ1v) is 9.07. The van der Waals surface area contributed by atoms with Crippen LogP contribution in [0.4, 0.5) is 0 Å². The molecule has 0 radical (unpaired) electrons. The second-order valence-electron chi connectivity index (χ2n) is 5.90. The molecule has 2 unspecified atom stereocenters. The van der Waals surface area contributed by atoms with Crippen LogP contribution < -0.4 is 10.1 Å². The van der Waals surface area contributed by atoms with Gasteiger partial charge in [-0.15, -0.1) is 0 Å². The van der Waals surface area contributed by atoms with Crippen LogP contribution in [-0.4, -0.2) is 31.9 Å². The maximum Gasteiger partial charge on any atom is 0.133 e. The maximum atomic E-state index is 6.02. The minimum Gasteiger partial charge on any atom is -0.490 e. The van der Waals surface area contributed by atoms with E-state index < -0.39 is 0 Å². The quantitative estimate of drug-likeness (QED) is 0.709. The number of hydrogen-bond acceptors (Lipinski definition) is 3. The van der Waals surface area contributed by atoms with Crippen molar-refractivity contribution in [3.8, 4) is 5.75 Å². The van der Waals surface area contributed by atoms with Crippen molar-refractivity contribution in [1.82, 2.24) is 5.32 Å². The van der Waals surface area contributed by atoms with Crippen molar-refractivity contribution < 1.29 is 9.47 Å². The molecule has 1 aliphatic heterocycles. The molecule has 1 saturated heterocycles. The highest BCUT2D eigenvalue weighted by Gasteiger charge is 2.25. The molecule has 0 amide bonds.